The van der Waals surface area contributed by atoms with Crippen LogP contribution in [-0.2, 0) is 0 Å². The number of aryl methyl sites for hydroxylation is 1. The second-order valence-electron chi connectivity index (χ2n) is 3.77. The van der Waals surface area contributed by atoms with E-state index in [0.717, 1.165) is 30.8 Å². The predicted octanol–water partition coefficient (Wildman–Crippen LogP) is 1.37. The van der Waals surface area contributed by atoms with Gasteiger partial charge in [-0.3, -0.25) is 0 Å². The summed E-state index contributed by atoms with van der Waals surface area (Å²) in [5, 5.41) is 6.65. The average Bonchev–Trinajstić information content (AvgIpc) is 2.18. The van der Waals surface area contributed by atoms with E-state index in [1.807, 2.05) is 13.0 Å². The first-order valence-electron chi connectivity index (χ1n) is 4.97. The van der Waals surface area contributed by atoms with E-state index in [0.29, 0.717) is 0 Å². The molecule has 0 saturated carbocycles. The number of benzene rings is 1. The van der Waals surface area contributed by atoms with E-state index in [1.165, 1.54) is 0 Å². The summed E-state index contributed by atoms with van der Waals surface area (Å²) >= 11 is 0. The summed E-state index contributed by atoms with van der Waals surface area (Å²) < 4.78 is 13.1. The Morgan fingerprint density at radius 1 is 1.29 bits per heavy atom. The molecule has 1 fully saturated rings. The molecular formula is C11H15FN2. The highest BCUT2D eigenvalue weighted by Crippen LogP contribution is 2.16. The van der Waals surface area contributed by atoms with Crippen molar-refractivity contribution in [2.24, 2.45) is 0 Å². The van der Waals surface area contributed by atoms with E-state index in [4.69, 9.17) is 0 Å². The Hall–Kier alpha value is -0.930. The minimum absolute atomic E-state index is 0.146. The molecule has 0 aliphatic carbocycles. The molecule has 1 aromatic rings. The first-order valence-corrected chi connectivity index (χ1v) is 4.97. The lowest BCUT2D eigenvalue weighted by atomic mass is 10.0. The van der Waals surface area contributed by atoms with Crippen molar-refractivity contribution in [1.82, 2.24) is 10.6 Å². The van der Waals surface area contributed by atoms with Crippen LogP contribution in [-0.4, -0.2) is 19.6 Å². The minimum Gasteiger partial charge on any atom is -0.314 e. The fourth-order valence-corrected chi connectivity index (χ4v) is 1.85. The van der Waals surface area contributed by atoms with Crippen LogP contribution in [0.15, 0.2) is 18.2 Å². The van der Waals surface area contributed by atoms with Crippen molar-refractivity contribution in [2.45, 2.75) is 13.0 Å². The summed E-state index contributed by atoms with van der Waals surface area (Å²) in [5.41, 5.74) is 2.02. The SMILES string of the molecule is Cc1cc(F)cc([C@H]2CNCCN2)c1. The fourth-order valence-electron chi connectivity index (χ4n) is 1.85. The standard InChI is InChI=1S/C11H15FN2/c1-8-4-9(6-10(12)5-8)11-7-13-2-3-14-11/h4-6,11,13-14H,2-3,7H2,1H3/t11-/m1/s1. The molecule has 0 aromatic heterocycles. The lowest BCUT2D eigenvalue weighted by Gasteiger charge is -2.25. The molecule has 1 atom stereocenters. The Bertz CT molecular complexity index is 299. The zero-order valence-electron chi connectivity index (χ0n) is 8.31. The molecular weight excluding hydrogens is 179 g/mol. The van der Waals surface area contributed by atoms with Gasteiger partial charge in [0, 0.05) is 25.7 Å². The number of halogens is 1. The number of nitrogens with one attached hydrogen (secondary N) is 2. The molecule has 76 valence electrons. The van der Waals surface area contributed by atoms with E-state index >= 15 is 0 Å². The van der Waals surface area contributed by atoms with Crippen molar-refractivity contribution in [3.63, 3.8) is 0 Å². The van der Waals surface area contributed by atoms with Crippen molar-refractivity contribution in [3.8, 4) is 0 Å². The summed E-state index contributed by atoms with van der Waals surface area (Å²) in [6.07, 6.45) is 0. The number of hydrogen-bond donors (Lipinski definition) is 2. The lowest BCUT2D eigenvalue weighted by molar-refractivity contribution is 0.428. The van der Waals surface area contributed by atoms with E-state index < -0.39 is 0 Å². The lowest BCUT2D eigenvalue weighted by Crippen LogP contribution is -2.42. The fraction of sp³-hybridized carbons (Fsp3) is 0.455. The summed E-state index contributed by atoms with van der Waals surface area (Å²) in [5.74, 6) is -0.146. The third-order valence-corrected chi connectivity index (χ3v) is 2.51. The van der Waals surface area contributed by atoms with Gasteiger partial charge in [-0.15, -0.1) is 0 Å². The smallest absolute Gasteiger partial charge is 0.123 e. The van der Waals surface area contributed by atoms with Crippen LogP contribution in [0.2, 0.25) is 0 Å². The summed E-state index contributed by atoms with van der Waals surface area (Å²) in [4.78, 5) is 0. The summed E-state index contributed by atoms with van der Waals surface area (Å²) in [7, 11) is 0. The Morgan fingerprint density at radius 2 is 2.14 bits per heavy atom. The second kappa shape index (κ2) is 4.07. The predicted molar refractivity (Wildman–Crippen MR) is 54.8 cm³/mol. The molecule has 1 aromatic carbocycles. The average molecular weight is 194 g/mol. The van der Waals surface area contributed by atoms with Crippen LogP contribution in [0.4, 0.5) is 4.39 Å². The van der Waals surface area contributed by atoms with Crippen LogP contribution in [0.25, 0.3) is 0 Å². The Labute approximate surface area is 83.5 Å². The van der Waals surface area contributed by atoms with Gasteiger partial charge >= 0.3 is 0 Å². The van der Waals surface area contributed by atoms with Crippen LogP contribution >= 0.6 is 0 Å². The van der Waals surface area contributed by atoms with E-state index in [2.05, 4.69) is 10.6 Å². The van der Waals surface area contributed by atoms with Crippen molar-refractivity contribution in [3.05, 3.63) is 35.1 Å². The first kappa shape index (κ1) is 9.62. The number of rotatable bonds is 1. The molecule has 2 nitrogen and oxygen atoms in total. The third-order valence-electron chi connectivity index (χ3n) is 2.51. The van der Waals surface area contributed by atoms with Crippen molar-refractivity contribution in [1.29, 1.82) is 0 Å². The van der Waals surface area contributed by atoms with Crippen LogP contribution in [0.5, 0.6) is 0 Å². The molecule has 0 spiro atoms. The molecule has 2 rings (SSSR count). The number of hydrogen-bond acceptors (Lipinski definition) is 2. The maximum Gasteiger partial charge on any atom is 0.123 e. The molecule has 1 aliphatic heterocycles. The maximum absolute atomic E-state index is 13.1. The van der Waals surface area contributed by atoms with Gasteiger partial charge in [0.2, 0.25) is 0 Å². The summed E-state index contributed by atoms with van der Waals surface area (Å²) in [6, 6.07) is 5.45. The van der Waals surface area contributed by atoms with Gasteiger partial charge in [0.25, 0.3) is 0 Å². The van der Waals surface area contributed by atoms with E-state index in [9.17, 15) is 4.39 Å². The second-order valence-corrected chi connectivity index (χ2v) is 3.77. The van der Waals surface area contributed by atoms with E-state index in [-0.39, 0.29) is 11.9 Å². The van der Waals surface area contributed by atoms with Crippen molar-refractivity contribution in [2.75, 3.05) is 19.6 Å². The Morgan fingerprint density at radius 3 is 2.79 bits per heavy atom. The molecule has 1 heterocycles. The topological polar surface area (TPSA) is 24.1 Å². The van der Waals surface area contributed by atoms with E-state index in [1.54, 1.807) is 12.1 Å². The molecule has 2 N–H and O–H groups in total. The Kier molecular flexibility index (Phi) is 2.79. The molecule has 3 heteroatoms. The monoisotopic (exact) mass is 194 g/mol. The molecule has 14 heavy (non-hydrogen) atoms. The van der Waals surface area contributed by atoms with Crippen LogP contribution in [0.1, 0.15) is 17.2 Å². The maximum atomic E-state index is 13.1. The minimum atomic E-state index is -0.146. The Balaban J connectivity index is 2.21. The van der Waals surface area contributed by atoms with Gasteiger partial charge in [0.05, 0.1) is 0 Å². The van der Waals surface area contributed by atoms with Gasteiger partial charge in [-0.2, -0.15) is 0 Å². The van der Waals surface area contributed by atoms with Gasteiger partial charge < -0.3 is 10.6 Å². The van der Waals surface area contributed by atoms with Gasteiger partial charge in [0.1, 0.15) is 5.82 Å². The molecule has 1 aliphatic rings. The first-order chi connectivity index (χ1) is 6.75. The normalized spacial score (nSPS) is 22.3. The molecule has 0 unspecified atom stereocenters. The summed E-state index contributed by atoms with van der Waals surface area (Å²) in [6.45, 7) is 4.73. The van der Waals surface area contributed by atoms with Crippen LogP contribution < -0.4 is 10.6 Å². The van der Waals surface area contributed by atoms with Crippen LogP contribution in [0, 0.1) is 12.7 Å². The molecule has 0 amide bonds. The highest BCUT2D eigenvalue weighted by molar-refractivity contribution is 5.26. The quantitative estimate of drug-likeness (QED) is 0.705. The van der Waals surface area contributed by atoms with Gasteiger partial charge in [-0.1, -0.05) is 6.07 Å². The molecule has 1 saturated heterocycles. The highest BCUT2D eigenvalue weighted by atomic mass is 19.1. The molecule has 0 radical (unpaired) electrons. The highest BCUT2D eigenvalue weighted by Gasteiger charge is 2.14. The van der Waals surface area contributed by atoms with Gasteiger partial charge in [0.15, 0.2) is 0 Å². The number of piperazine rings is 1. The van der Waals surface area contributed by atoms with Crippen LogP contribution in [0.3, 0.4) is 0 Å². The third kappa shape index (κ3) is 2.11. The zero-order valence-corrected chi connectivity index (χ0v) is 8.31. The largest absolute Gasteiger partial charge is 0.314 e. The van der Waals surface area contributed by atoms with Crippen molar-refractivity contribution >= 4 is 0 Å². The molecule has 0 bridgehead atoms. The van der Waals surface area contributed by atoms with Gasteiger partial charge in [-0.05, 0) is 30.2 Å². The van der Waals surface area contributed by atoms with Crippen molar-refractivity contribution < 1.29 is 4.39 Å². The zero-order chi connectivity index (χ0) is 9.97. The van der Waals surface area contributed by atoms with Gasteiger partial charge in [-0.25, -0.2) is 4.39 Å².